The molecule has 2 aliphatic heterocycles. The van der Waals surface area contributed by atoms with Crippen LogP contribution in [0.25, 0.3) is 0 Å². The maximum absolute atomic E-state index is 9.23. The molecular formula is C18H34O4. The summed E-state index contributed by atoms with van der Waals surface area (Å²) in [7, 11) is 0. The van der Waals surface area contributed by atoms with Crippen molar-refractivity contribution in [2.75, 3.05) is 6.61 Å². The molecule has 0 amide bonds. The van der Waals surface area contributed by atoms with E-state index in [1.54, 1.807) is 0 Å². The number of hydrogen-bond acceptors (Lipinski definition) is 4. The topological polar surface area (TPSA) is 51.2 Å². The number of unbranched alkanes of at least 4 members (excludes halogenated alkanes) is 10. The van der Waals surface area contributed by atoms with Gasteiger partial charge in [0.2, 0.25) is 12.1 Å². The maximum Gasteiger partial charge on any atom is 0.249 e. The van der Waals surface area contributed by atoms with Crippen LogP contribution in [-0.4, -0.2) is 29.6 Å². The molecule has 0 aromatic heterocycles. The molecule has 1 N–H and O–H groups in total. The average molecular weight is 314 g/mol. The lowest BCUT2D eigenvalue weighted by atomic mass is 10.0. The van der Waals surface area contributed by atoms with Gasteiger partial charge < -0.3 is 19.3 Å². The Kier molecular flexibility index (Phi) is 7.13. The highest BCUT2D eigenvalue weighted by Crippen LogP contribution is 2.51. The van der Waals surface area contributed by atoms with Crippen molar-refractivity contribution in [1.29, 1.82) is 0 Å². The SMILES string of the molecule is CCCCCCCCCCCCCC1(C)OC2OC2(CO)O1. The smallest absolute Gasteiger partial charge is 0.249 e. The van der Waals surface area contributed by atoms with Crippen molar-refractivity contribution in [3.8, 4) is 0 Å². The number of aliphatic hydroxyl groups is 1. The van der Waals surface area contributed by atoms with Crippen LogP contribution >= 0.6 is 0 Å². The van der Waals surface area contributed by atoms with Crippen molar-refractivity contribution in [3.63, 3.8) is 0 Å². The predicted molar refractivity (Wildman–Crippen MR) is 86.3 cm³/mol. The molecule has 0 spiro atoms. The Balaban J connectivity index is 1.39. The quantitative estimate of drug-likeness (QED) is 0.402. The normalized spacial score (nSPS) is 33.1. The molecule has 4 heteroatoms. The fourth-order valence-corrected chi connectivity index (χ4v) is 3.31. The fraction of sp³-hybridized carbons (Fsp3) is 1.00. The van der Waals surface area contributed by atoms with Gasteiger partial charge in [-0.1, -0.05) is 71.1 Å². The van der Waals surface area contributed by atoms with Crippen molar-refractivity contribution < 1.29 is 19.3 Å². The highest BCUT2D eigenvalue weighted by Gasteiger charge is 2.69. The first-order valence-corrected chi connectivity index (χ1v) is 9.31. The van der Waals surface area contributed by atoms with E-state index in [4.69, 9.17) is 14.2 Å². The summed E-state index contributed by atoms with van der Waals surface area (Å²) < 4.78 is 16.7. The summed E-state index contributed by atoms with van der Waals surface area (Å²) in [6, 6.07) is 0. The van der Waals surface area contributed by atoms with Gasteiger partial charge in [0.25, 0.3) is 0 Å². The molecule has 0 aliphatic carbocycles. The summed E-state index contributed by atoms with van der Waals surface area (Å²) in [5, 5.41) is 9.23. The Morgan fingerprint density at radius 3 is 1.86 bits per heavy atom. The number of hydrogen-bond donors (Lipinski definition) is 1. The largest absolute Gasteiger partial charge is 0.391 e. The summed E-state index contributed by atoms with van der Waals surface area (Å²) in [5.41, 5.74) is 0. The summed E-state index contributed by atoms with van der Waals surface area (Å²) in [6.45, 7) is 4.10. The van der Waals surface area contributed by atoms with Gasteiger partial charge in [0.1, 0.15) is 6.61 Å². The van der Waals surface area contributed by atoms with E-state index in [0.29, 0.717) is 0 Å². The minimum absolute atomic E-state index is 0.120. The molecule has 130 valence electrons. The van der Waals surface area contributed by atoms with E-state index in [9.17, 15) is 5.11 Å². The van der Waals surface area contributed by atoms with Crippen LogP contribution in [0.3, 0.4) is 0 Å². The molecule has 3 atom stereocenters. The van der Waals surface area contributed by atoms with Crippen LogP contribution in [-0.2, 0) is 14.2 Å². The van der Waals surface area contributed by atoms with Crippen LogP contribution in [0.1, 0.15) is 90.9 Å². The van der Waals surface area contributed by atoms with Crippen LogP contribution in [0, 0.1) is 0 Å². The van der Waals surface area contributed by atoms with Crippen LogP contribution in [0.2, 0.25) is 0 Å². The third-order valence-electron chi connectivity index (χ3n) is 4.81. The predicted octanol–water partition coefficient (Wildman–Crippen LogP) is 4.50. The lowest BCUT2D eigenvalue weighted by molar-refractivity contribution is -0.267. The van der Waals surface area contributed by atoms with E-state index < -0.39 is 11.6 Å². The first-order chi connectivity index (χ1) is 10.6. The summed E-state index contributed by atoms with van der Waals surface area (Å²) >= 11 is 0. The van der Waals surface area contributed by atoms with Gasteiger partial charge in [-0.15, -0.1) is 0 Å². The van der Waals surface area contributed by atoms with Crippen molar-refractivity contribution in [2.45, 2.75) is 109 Å². The zero-order valence-electron chi connectivity index (χ0n) is 14.4. The molecule has 2 aliphatic rings. The lowest BCUT2D eigenvalue weighted by Crippen LogP contribution is -2.32. The Morgan fingerprint density at radius 1 is 0.818 bits per heavy atom. The van der Waals surface area contributed by atoms with E-state index in [1.807, 2.05) is 6.92 Å². The second-order valence-corrected chi connectivity index (χ2v) is 7.06. The Morgan fingerprint density at radius 2 is 1.36 bits per heavy atom. The zero-order chi connectivity index (χ0) is 15.9. The molecule has 0 bridgehead atoms. The molecule has 0 aromatic carbocycles. The lowest BCUT2D eigenvalue weighted by Gasteiger charge is -2.25. The minimum Gasteiger partial charge on any atom is -0.391 e. The van der Waals surface area contributed by atoms with Crippen LogP contribution < -0.4 is 0 Å². The van der Waals surface area contributed by atoms with Gasteiger partial charge in [-0.25, -0.2) is 0 Å². The highest BCUT2D eigenvalue weighted by atomic mass is 17.0. The molecule has 4 nitrogen and oxygen atoms in total. The first-order valence-electron chi connectivity index (χ1n) is 9.31. The Hall–Kier alpha value is -0.160. The summed E-state index contributed by atoms with van der Waals surface area (Å²) in [5.74, 6) is -1.41. The number of aliphatic hydroxyl groups excluding tert-OH is 1. The summed E-state index contributed by atoms with van der Waals surface area (Å²) in [6.07, 6.45) is 15.2. The van der Waals surface area contributed by atoms with E-state index in [0.717, 1.165) is 12.8 Å². The highest BCUT2D eigenvalue weighted by molar-refractivity contribution is 4.96. The monoisotopic (exact) mass is 314 g/mol. The average Bonchev–Trinajstić information content (AvgIpc) is 3.08. The first kappa shape index (κ1) is 18.2. The third kappa shape index (κ3) is 5.19. The minimum atomic E-state index is -0.841. The van der Waals surface area contributed by atoms with E-state index in [2.05, 4.69) is 6.92 Å². The molecule has 2 rings (SSSR count). The van der Waals surface area contributed by atoms with Crippen molar-refractivity contribution in [2.24, 2.45) is 0 Å². The van der Waals surface area contributed by atoms with Gasteiger partial charge in [-0.2, -0.15) is 0 Å². The Bertz CT molecular complexity index is 318. The van der Waals surface area contributed by atoms with E-state index >= 15 is 0 Å². The second kappa shape index (κ2) is 8.62. The van der Waals surface area contributed by atoms with Gasteiger partial charge in [0.15, 0.2) is 5.79 Å². The molecule has 2 fully saturated rings. The molecule has 0 saturated carbocycles. The second-order valence-electron chi connectivity index (χ2n) is 7.06. The molecule has 2 heterocycles. The molecular weight excluding hydrogens is 280 g/mol. The fourth-order valence-electron chi connectivity index (χ4n) is 3.31. The standard InChI is InChI=1S/C18H34O4/c1-3-4-5-6-7-8-9-10-11-12-13-14-17(2)20-16-18(15-19,21-16)22-17/h16,19H,3-15H2,1-2H3. The van der Waals surface area contributed by atoms with Gasteiger partial charge in [-0.3, -0.25) is 0 Å². The molecule has 3 unspecified atom stereocenters. The molecule has 22 heavy (non-hydrogen) atoms. The number of epoxide rings is 1. The van der Waals surface area contributed by atoms with Crippen molar-refractivity contribution in [3.05, 3.63) is 0 Å². The van der Waals surface area contributed by atoms with Gasteiger partial charge in [-0.05, 0) is 13.3 Å². The molecule has 0 aromatic rings. The van der Waals surface area contributed by atoms with Crippen molar-refractivity contribution >= 4 is 0 Å². The van der Waals surface area contributed by atoms with Gasteiger partial charge in [0.05, 0.1) is 0 Å². The summed E-state index contributed by atoms with van der Waals surface area (Å²) in [4.78, 5) is 0. The number of ether oxygens (including phenoxy) is 3. The van der Waals surface area contributed by atoms with Gasteiger partial charge >= 0.3 is 0 Å². The Labute approximate surface area is 135 Å². The maximum atomic E-state index is 9.23. The zero-order valence-corrected chi connectivity index (χ0v) is 14.4. The van der Waals surface area contributed by atoms with Gasteiger partial charge in [0, 0.05) is 6.42 Å². The molecule has 2 saturated heterocycles. The third-order valence-corrected chi connectivity index (χ3v) is 4.81. The van der Waals surface area contributed by atoms with Crippen LogP contribution in [0.15, 0.2) is 0 Å². The van der Waals surface area contributed by atoms with Crippen LogP contribution in [0.5, 0.6) is 0 Å². The van der Waals surface area contributed by atoms with Crippen molar-refractivity contribution in [1.82, 2.24) is 0 Å². The molecule has 0 radical (unpaired) electrons. The van der Waals surface area contributed by atoms with E-state index in [1.165, 1.54) is 64.2 Å². The van der Waals surface area contributed by atoms with E-state index in [-0.39, 0.29) is 12.9 Å². The number of rotatable bonds is 13. The number of fused-ring (bicyclic) bond motifs is 1. The van der Waals surface area contributed by atoms with Crippen LogP contribution in [0.4, 0.5) is 0 Å².